The maximum Gasteiger partial charge on any atom is 0.170 e. The van der Waals surface area contributed by atoms with Crippen molar-refractivity contribution in [2.45, 2.75) is 31.3 Å². The third kappa shape index (κ3) is 2.08. The van der Waals surface area contributed by atoms with Crippen LogP contribution in [-0.2, 0) is 12.8 Å². The molecule has 0 N–H and O–H groups in total. The predicted octanol–water partition coefficient (Wildman–Crippen LogP) is 1.84. The number of hydrogen-bond donors (Lipinski definition) is 0. The Kier molecular flexibility index (Phi) is 2.71. The number of carbonyl (C=O) groups is 1. The first-order valence-electron chi connectivity index (χ1n) is 7.55. The van der Waals surface area contributed by atoms with Crippen LogP contribution in [0.1, 0.15) is 34.3 Å². The van der Waals surface area contributed by atoms with E-state index in [9.17, 15) is 4.79 Å². The molecule has 2 aromatic carbocycles. The van der Waals surface area contributed by atoms with E-state index in [-0.39, 0.29) is 11.4 Å². The van der Waals surface area contributed by atoms with Crippen molar-refractivity contribution < 1.29 is 9.53 Å². The lowest BCUT2D eigenvalue weighted by Gasteiger charge is -2.41. The van der Waals surface area contributed by atoms with Gasteiger partial charge in [0.15, 0.2) is 5.78 Å². The van der Waals surface area contributed by atoms with E-state index in [0.29, 0.717) is 6.42 Å². The number of ketones is 1. The maximum atomic E-state index is 12.5. The van der Waals surface area contributed by atoms with Crippen LogP contribution in [0, 0.1) is 0 Å². The molecule has 1 unspecified atom stereocenters. The molecule has 2 aliphatic rings. The standard InChI is InChI=1S/C18H17BO2/c19-14-5-6-17-15(9-14)16(20)11-18(21-17)8-7-12-3-1-2-4-13(12)10-18/h1-6,9H,7-8,10-11,19H2. The largest absolute Gasteiger partial charge is 0.486 e. The van der Waals surface area contributed by atoms with Crippen molar-refractivity contribution in [2.75, 3.05) is 0 Å². The van der Waals surface area contributed by atoms with Crippen LogP contribution in [0.25, 0.3) is 0 Å². The van der Waals surface area contributed by atoms with Crippen LogP contribution >= 0.6 is 0 Å². The van der Waals surface area contributed by atoms with Crippen molar-refractivity contribution in [3.63, 3.8) is 0 Å². The van der Waals surface area contributed by atoms with E-state index < -0.39 is 0 Å². The minimum atomic E-state index is -0.340. The number of aryl methyl sites for hydroxylation is 1. The monoisotopic (exact) mass is 276 g/mol. The molecule has 0 fully saturated rings. The topological polar surface area (TPSA) is 26.3 Å². The van der Waals surface area contributed by atoms with Crippen molar-refractivity contribution in [3.05, 3.63) is 59.2 Å². The number of Topliss-reactive ketones (excluding diaryl/α,β-unsaturated/α-hetero) is 1. The Morgan fingerprint density at radius 3 is 2.71 bits per heavy atom. The highest BCUT2D eigenvalue weighted by Crippen LogP contribution is 2.40. The fourth-order valence-electron chi connectivity index (χ4n) is 3.62. The summed E-state index contributed by atoms with van der Waals surface area (Å²) in [6.45, 7) is 0. The van der Waals surface area contributed by atoms with Gasteiger partial charge >= 0.3 is 0 Å². The van der Waals surface area contributed by atoms with Gasteiger partial charge in [-0.2, -0.15) is 0 Å². The Morgan fingerprint density at radius 2 is 1.86 bits per heavy atom. The molecule has 21 heavy (non-hydrogen) atoms. The van der Waals surface area contributed by atoms with Crippen LogP contribution in [0.5, 0.6) is 5.75 Å². The first-order valence-corrected chi connectivity index (χ1v) is 7.55. The van der Waals surface area contributed by atoms with E-state index >= 15 is 0 Å². The number of carbonyl (C=O) groups excluding carboxylic acids is 1. The lowest BCUT2D eigenvalue weighted by atomic mass is 9.75. The molecular formula is C18H17BO2. The highest BCUT2D eigenvalue weighted by Gasteiger charge is 2.42. The quantitative estimate of drug-likeness (QED) is 0.686. The molecule has 4 rings (SSSR count). The van der Waals surface area contributed by atoms with Crippen LogP contribution in [0.2, 0.25) is 0 Å². The molecule has 0 radical (unpaired) electrons. The zero-order valence-corrected chi connectivity index (χ0v) is 12.2. The second kappa shape index (κ2) is 4.49. The normalized spacial score (nSPS) is 23.3. The molecule has 1 spiro atoms. The summed E-state index contributed by atoms with van der Waals surface area (Å²) in [4.78, 5) is 12.5. The molecule has 3 heteroatoms. The minimum Gasteiger partial charge on any atom is -0.486 e. The second-order valence-electron chi connectivity index (χ2n) is 6.33. The average molecular weight is 276 g/mol. The summed E-state index contributed by atoms with van der Waals surface area (Å²) in [5.74, 6) is 0.982. The summed E-state index contributed by atoms with van der Waals surface area (Å²) in [5.41, 5.74) is 4.24. The summed E-state index contributed by atoms with van der Waals surface area (Å²) in [5, 5.41) is 0. The summed E-state index contributed by atoms with van der Waals surface area (Å²) in [6, 6.07) is 14.4. The van der Waals surface area contributed by atoms with E-state index in [2.05, 4.69) is 24.3 Å². The van der Waals surface area contributed by atoms with Gasteiger partial charge in [0.25, 0.3) is 0 Å². The molecule has 2 aromatic rings. The maximum absolute atomic E-state index is 12.5. The number of fused-ring (bicyclic) bond motifs is 2. The smallest absolute Gasteiger partial charge is 0.170 e. The van der Waals surface area contributed by atoms with Crippen molar-refractivity contribution in [1.82, 2.24) is 0 Å². The summed E-state index contributed by atoms with van der Waals surface area (Å²) in [7, 11) is 2.01. The molecule has 0 bridgehead atoms. The number of ether oxygens (including phenoxy) is 1. The van der Waals surface area contributed by atoms with Crippen LogP contribution in [-0.4, -0.2) is 19.2 Å². The molecule has 1 aliphatic heterocycles. The fraction of sp³-hybridized carbons (Fsp3) is 0.278. The SMILES string of the molecule is Bc1ccc2c(c1)C(=O)CC1(CCc3ccccc3C1)O2. The Labute approximate surface area is 125 Å². The predicted molar refractivity (Wildman–Crippen MR) is 85.4 cm³/mol. The van der Waals surface area contributed by atoms with Crippen LogP contribution in [0.3, 0.4) is 0 Å². The molecule has 0 amide bonds. The lowest BCUT2D eigenvalue weighted by molar-refractivity contribution is 0.0308. The molecule has 1 heterocycles. The highest BCUT2D eigenvalue weighted by molar-refractivity contribution is 6.32. The zero-order valence-electron chi connectivity index (χ0n) is 12.2. The van der Waals surface area contributed by atoms with Gasteiger partial charge in [-0.1, -0.05) is 41.9 Å². The Bertz CT molecular complexity index is 738. The van der Waals surface area contributed by atoms with Gasteiger partial charge in [0.2, 0.25) is 0 Å². The van der Waals surface area contributed by atoms with Crippen LogP contribution < -0.4 is 10.2 Å². The first kappa shape index (κ1) is 12.7. The molecule has 1 aliphatic carbocycles. The molecular weight excluding hydrogens is 259 g/mol. The van der Waals surface area contributed by atoms with Crippen molar-refractivity contribution in [3.8, 4) is 5.75 Å². The van der Waals surface area contributed by atoms with Gasteiger partial charge in [-0.25, -0.2) is 0 Å². The van der Waals surface area contributed by atoms with E-state index in [1.54, 1.807) is 0 Å². The Balaban J connectivity index is 1.72. The van der Waals surface area contributed by atoms with E-state index in [1.165, 1.54) is 11.1 Å². The van der Waals surface area contributed by atoms with Crippen molar-refractivity contribution in [2.24, 2.45) is 0 Å². The fourth-order valence-corrected chi connectivity index (χ4v) is 3.62. The van der Waals surface area contributed by atoms with Gasteiger partial charge in [-0.15, -0.1) is 0 Å². The zero-order chi connectivity index (χ0) is 14.4. The Hall–Kier alpha value is -2.03. The van der Waals surface area contributed by atoms with Crippen LogP contribution in [0.4, 0.5) is 0 Å². The van der Waals surface area contributed by atoms with Gasteiger partial charge in [0.05, 0.1) is 12.0 Å². The van der Waals surface area contributed by atoms with Crippen molar-refractivity contribution >= 4 is 19.1 Å². The molecule has 0 saturated carbocycles. The summed E-state index contributed by atoms with van der Waals surface area (Å²) >= 11 is 0. The minimum absolute atomic E-state index is 0.222. The average Bonchev–Trinajstić information content (AvgIpc) is 2.48. The van der Waals surface area contributed by atoms with Gasteiger partial charge in [0.1, 0.15) is 19.2 Å². The van der Waals surface area contributed by atoms with Gasteiger partial charge in [0, 0.05) is 6.42 Å². The van der Waals surface area contributed by atoms with Crippen molar-refractivity contribution in [1.29, 1.82) is 0 Å². The number of benzene rings is 2. The third-order valence-corrected chi connectivity index (χ3v) is 4.73. The van der Waals surface area contributed by atoms with E-state index in [4.69, 9.17) is 4.74 Å². The third-order valence-electron chi connectivity index (χ3n) is 4.73. The van der Waals surface area contributed by atoms with Crippen LogP contribution in [0.15, 0.2) is 42.5 Å². The molecule has 0 saturated heterocycles. The van der Waals surface area contributed by atoms with Gasteiger partial charge < -0.3 is 4.74 Å². The number of hydrogen-bond acceptors (Lipinski definition) is 2. The summed E-state index contributed by atoms with van der Waals surface area (Å²) < 4.78 is 6.32. The van der Waals surface area contributed by atoms with Gasteiger partial charge in [-0.05, 0) is 30.0 Å². The van der Waals surface area contributed by atoms with E-state index in [1.807, 2.05) is 26.0 Å². The summed E-state index contributed by atoms with van der Waals surface area (Å²) in [6.07, 6.45) is 3.24. The second-order valence-corrected chi connectivity index (χ2v) is 6.33. The molecule has 2 nitrogen and oxygen atoms in total. The van der Waals surface area contributed by atoms with E-state index in [0.717, 1.165) is 36.0 Å². The molecule has 104 valence electrons. The molecule has 1 atom stereocenters. The first-order chi connectivity index (χ1) is 10.2. The highest BCUT2D eigenvalue weighted by atomic mass is 16.5. The lowest BCUT2D eigenvalue weighted by Crippen LogP contribution is -2.46. The van der Waals surface area contributed by atoms with Gasteiger partial charge in [-0.3, -0.25) is 4.79 Å². The Morgan fingerprint density at radius 1 is 1.05 bits per heavy atom. The molecule has 0 aromatic heterocycles. The number of rotatable bonds is 0.